The number of halogens is 1. The van der Waals surface area contributed by atoms with Crippen LogP contribution in [0.5, 0.6) is 0 Å². The van der Waals surface area contributed by atoms with Crippen LogP contribution >= 0.6 is 11.6 Å². The fourth-order valence-corrected chi connectivity index (χ4v) is 2.88. The van der Waals surface area contributed by atoms with Crippen LogP contribution in [0.4, 0.5) is 5.69 Å². The van der Waals surface area contributed by atoms with Gasteiger partial charge in [0.1, 0.15) is 5.02 Å². The van der Waals surface area contributed by atoms with Crippen LogP contribution in [-0.4, -0.2) is 24.4 Å². The van der Waals surface area contributed by atoms with E-state index in [4.69, 9.17) is 11.6 Å². The molecule has 0 aliphatic carbocycles. The summed E-state index contributed by atoms with van der Waals surface area (Å²) < 4.78 is 3.08. The molecule has 0 fully saturated rings. The molecule has 4 rings (SSSR count). The van der Waals surface area contributed by atoms with Gasteiger partial charge in [-0.25, -0.2) is 14.2 Å². The zero-order valence-electron chi connectivity index (χ0n) is 13.7. The van der Waals surface area contributed by atoms with Crippen molar-refractivity contribution < 1.29 is 0 Å². The Morgan fingerprint density at radius 3 is 2.73 bits per heavy atom. The predicted molar refractivity (Wildman–Crippen MR) is 99.4 cm³/mol. The second-order valence-electron chi connectivity index (χ2n) is 5.71. The Labute approximate surface area is 153 Å². The summed E-state index contributed by atoms with van der Waals surface area (Å²) in [4.78, 5) is 16.7. The van der Waals surface area contributed by atoms with E-state index in [2.05, 4.69) is 20.5 Å². The first kappa shape index (κ1) is 16.3. The van der Waals surface area contributed by atoms with Crippen molar-refractivity contribution in [1.29, 1.82) is 0 Å². The van der Waals surface area contributed by atoms with Crippen molar-refractivity contribution in [2.24, 2.45) is 0 Å². The molecule has 8 heteroatoms. The number of hydrogen-bond donors (Lipinski definition) is 1. The van der Waals surface area contributed by atoms with Gasteiger partial charge in [-0.15, -0.1) is 0 Å². The van der Waals surface area contributed by atoms with E-state index >= 15 is 0 Å². The van der Waals surface area contributed by atoms with Crippen LogP contribution in [0, 0.1) is 0 Å². The van der Waals surface area contributed by atoms with Crippen molar-refractivity contribution in [2.45, 2.75) is 13.1 Å². The Morgan fingerprint density at radius 2 is 1.88 bits per heavy atom. The van der Waals surface area contributed by atoms with Gasteiger partial charge in [-0.2, -0.15) is 10.2 Å². The van der Waals surface area contributed by atoms with Gasteiger partial charge >= 0.3 is 0 Å². The Balaban J connectivity index is 1.55. The van der Waals surface area contributed by atoms with Crippen molar-refractivity contribution in [3.8, 4) is 0 Å². The first-order chi connectivity index (χ1) is 12.7. The molecule has 0 amide bonds. The third kappa shape index (κ3) is 3.16. The molecule has 7 nitrogen and oxygen atoms in total. The lowest BCUT2D eigenvalue weighted by Gasteiger charge is -2.11. The average molecular weight is 367 g/mol. The lowest BCUT2D eigenvalue weighted by atomic mass is 10.2. The molecule has 0 atom stereocenters. The summed E-state index contributed by atoms with van der Waals surface area (Å²) >= 11 is 6.26. The SMILES string of the molecule is O=c1c(Cl)c(NCc2ccnc3ccnn23)cnn1Cc1ccccc1. The Kier molecular flexibility index (Phi) is 4.37. The van der Waals surface area contributed by atoms with Gasteiger partial charge in [-0.3, -0.25) is 4.79 Å². The second kappa shape index (κ2) is 6.97. The molecule has 1 aromatic carbocycles. The number of aromatic nitrogens is 5. The highest BCUT2D eigenvalue weighted by Gasteiger charge is 2.10. The third-order valence-corrected chi connectivity index (χ3v) is 4.35. The molecular formula is C18H15ClN6O. The maximum atomic E-state index is 12.5. The van der Waals surface area contributed by atoms with Crippen LogP contribution in [0.1, 0.15) is 11.3 Å². The predicted octanol–water partition coefficient (Wildman–Crippen LogP) is 2.60. The summed E-state index contributed by atoms with van der Waals surface area (Å²) in [5, 5.41) is 11.7. The number of nitrogens with zero attached hydrogens (tertiary/aromatic N) is 5. The second-order valence-corrected chi connectivity index (χ2v) is 6.09. The first-order valence-corrected chi connectivity index (χ1v) is 8.41. The molecule has 0 bridgehead atoms. The molecule has 1 N–H and O–H groups in total. The van der Waals surface area contributed by atoms with Crippen LogP contribution in [-0.2, 0) is 13.1 Å². The van der Waals surface area contributed by atoms with Gasteiger partial charge in [0, 0.05) is 12.3 Å². The number of nitrogens with one attached hydrogen (secondary N) is 1. The molecule has 0 saturated heterocycles. The topological polar surface area (TPSA) is 77.1 Å². The summed E-state index contributed by atoms with van der Waals surface area (Å²) in [6, 6.07) is 13.3. The number of hydrogen-bond acceptors (Lipinski definition) is 5. The molecular weight excluding hydrogens is 352 g/mol. The van der Waals surface area contributed by atoms with Crippen molar-refractivity contribution in [3.63, 3.8) is 0 Å². The molecule has 0 radical (unpaired) electrons. The molecule has 4 aromatic rings. The Bertz CT molecular complexity index is 1110. The van der Waals surface area contributed by atoms with E-state index in [0.717, 1.165) is 16.9 Å². The van der Waals surface area contributed by atoms with Gasteiger partial charge in [-0.05, 0) is 11.6 Å². The third-order valence-electron chi connectivity index (χ3n) is 3.99. The van der Waals surface area contributed by atoms with E-state index in [0.29, 0.717) is 18.8 Å². The highest BCUT2D eigenvalue weighted by molar-refractivity contribution is 6.32. The summed E-state index contributed by atoms with van der Waals surface area (Å²) in [7, 11) is 0. The fraction of sp³-hybridized carbons (Fsp3) is 0.111. The van der Waals surface area contributed by atoms with Crippen molar-refractivity contribution in [3.05, 3.63) is 87.7 Å². The Hall–Kier alpha value is -3.19. The maximum Gasteiger partial charge on any atom is 0.287 e. The molecule has 0 aliphatic rings. The van der Waals surface area contributed by atoms with Gasteiger partial charge in [0.2, 0.25) is 0 Å². The normalized spacial score (nSPS) is 11.0. The zero-order valence-corrected chi connectivity index (χ0v) is 14.5. The minimum absolute atomic E-state index is 0.113. The Morgan fingerprint density at radius 1 is 1.04 bits per heavy atom. The summed E-state index contributed by atoms with van der Waals surface area (Å²) in [6.07, 6.45) is 4.96. The lowest BCUT2D eigenvalue weighted by Crippen LogP contribution is -2.25. The molecule has 3 heterocycles. The molecule has 3 aromatic heterocycles. The van der Waals surface area contributed by atoms with Gasteiger partial charge in [-0.1, -0.05) is 41.9 Å². The van der Waals surface area contributed by atoms with E-state index in [1.807, 2.05) is 42.5 Å². The van der Waals surface area contributed by atoms with Crippen LogP contribution < -0.4 is 10.9 Å². The monoisotopic (exact) mass is 366 g/mol. The molecule has 0 unspecified atom stereocenters. The van der Waals surface area contributed by atoms with Gasteiger partial charge < -0.3 is 5.32 Å². The smallest absolute Gasteiger partial charge is 0.287 e. The van der Waals surface area contributed by atoms with Gasteiger partial charge in [0.25, 0.3) is 5.56 Å². The molecule has 0 spiro atoms. The summed E-state index contributed by atoms with van der Waals surface area (Å²) in [5.41, 5.74) is 2.78. The summed E-state index contributed by atoms with van der Waals surface area (Å²) in [6.45, 7) is 0.808. The van der Waals surface area contributed by atoms with E-state index in [-0.39, 0.29) is 10.6 Å². The zero-order chi connectivity index (χ0) is 17.9. The highest BCUT2D eigenvalue weighted by Crippen LogP contribution is 2.17. The highest BCUT2D eigenvalue weighted by atomic mass is 35.5. The van der Waals surface area contributed by atoms with Crippen LogP contribution in [0.3, 0.4) is 0 Å². The van der Waals surface area contributed by atoms with Crippen LogP contribution in [0.15, 0.2) is 65.8 Å². The minimum Gasteiger partial charge on any atom is -0.377 e. The number of benzene rings is 1. The van der Waals surface area contributed by atoms with E-state index in [1.54, 1.807) is 23.1 Å². The number of anilines is 1. The largest absolute Gasteiger partial charge is 0.377 e. The van der Waals surface area contributed by atoms with E-state index in [1.165, 1.54) is 4.68 Å². The van der Waals surface area contributed by atoms with Crippen LogP contribution in [0.2, 0.25) is 5.02 Å². The van der Waals surface area contributed by atoms with Crippen molar-refractivity contribution in [1.82, 2.24) is 24.4 Å². The standard InChI is InChI=1S/C18H15ClN6O/c19-17-15(21-10-14-6-8-20-16-7-9-22-25(14)16)11-23-24(18(17)26)12-13-4-2-1-3-5-13/h1-9,11,21H,10,12H2. The average Bonchev–Trinajstić information content (AvgIpc) is 3.15. The summed E-state index contributed by atoms with van der Waals surface area (Å²) in [5.74, 6) is 0. The quantitative estimate of drug-likeness (QED) is 0.587. The fourth-order valence-electron chi connectivity index (χ4n) is 2.66. The van der Waals surface area contributed by atoms with Gasteiger partial charge in [0.15, 0.2) is 5.65 Å². The lowest BCUT2D eigenvalue weighted by molar-refractivity contribution is 0.639. The van der Waals surface area contributed by atoms with Crippen molar-refractivity contribution >= 4 is 22.9 Å². The van der Waals surface area contributed by atoms with Gasteiger partial charge in [0.05, 0.1) is 36.9 Å². The molecule has 26 heavy (non-hydrogen) atoms. The van der Waals surface area contributed by atoms with Crippen LogP contribution in [0.25, 0.3) is 5.65 Å². The molecule has 130 valence electrons. The van der Waals surface area contributed by atoms with E-state index < -0.39 is 0 Å². The minimum atomic E-state index is -0.334. The maximum absolute atomic E-state index is 12.5. The van der Waals surface area contributed by atoms with Crippen molar-refractivity contribution in [2.75, 3.05) is 5.32 Å². The molecule has 0 saturated carbocycles. The van der Waals surface area contributed by atoms with E-state index in [9.17, 15) is 4.79 Å². The number of rotatable bonds is 5. The first-order valence-electron chi connectivity index (χ1n) is 8.03. The molecule has 0 aliphatic heterocycles. The number of fused-ring (bicyclic) bond motifs is 1.